The van der Waals surface area contributed by atoms with Gasteiger partial charge in [-0.3, -0.25) is 10.2 Å². The third kappa shape index (κ3) is 5.52. The number of nitrogen functional groups attached to an aromatic ring is 1. The Morgan fingerprint density at radius 3 is 2.36 bits per heavy atom. The van der Waals surface area contributed by atoms with Crippen molar-refractivity contribution in [1.82, 2.24) is 9.80 Å². The zero-order chi connectivity index (χ0) is 20.3. The highest BCUT2D eigenvalue weighted by atomic mass is 16.6. The average molecular weight is 390 g/mol. The van der Waals surface area contributed by atoms with Gasteiger partial charge in [-0.25, -0.2) is 4.79 Å². The first-order chi connectivity index (χ1) is 13.2. The SMILES string of the molecule is CN1CCN(C2CCN(c3ccc(N)c(NC(=O)OC(C)(C)C)c3)CC2)CC1. The number of hydrogen-bond donors (Lipinski definition) is 2. The van der Waals surface area contributed by atoms with E-state index in [-0.39, 0.29) is 0 Å². The highest BCUT2D eigenvalue weighted by molar-refractivity contribution is 5.90. The minimum Gasteiger partial charge on any atom is -0.444 e. The molecule has 2 heterocycles. The number of amides is 1. The summed E-state index contributed by atoms with van der Waals surface area (Å²) in [4.78, 5) is 19.5. The maximum absolute atomic E-state index is 12.1. The van der Waals surface area contributed by atoms with Crippen LogP contribution in [0.15, 0.2) is 18.2 Å². The van der Waals surface area contributed by atoms with Gasteiger partial charge in [0.1, 0.15) is 5.60 Å². The van der Waals surface area contributed by atoms with Crippen LogP contribution in [-0.4, -0.2) is 73.9 Å². The van der Waals surface area contributed by atoms with Crippen molar-refractivity contribution in [2.24, 2.45) is 0 Å². The molecule has 3 rings (SSSR count). The molecule has 0 unspecified atom stereocenters. The molecule has 2 aliphatic rings. The van der Waals surface area contributed by atoms with Crippen LogP contribution in [0, 0.1) is 0 Å². The number of anilines is 3. The summed E-state index contributed by atoms with van der Waals surface area (Å²) in [6.07, 6.45) is 1.86. The number of carbonyl (C=O) groups is 1. The van der Waals surface area contributed by atoms with E-state index >= 15 is 0 Å². The largest absolute Gasteiger partial charge is 0.444 e. The molecule has 28 heavy (non-hydrogen) atoms. The normalized spacial score (nSPS) is 20.2. The third-order valence-electron chi connectivity index (χ3n) is 5.56. The van der Waals surface area contributed by atoms with Gasteiger partial charge in [0.05, 0.1) is 11.4 Å². The third-order valence-corrected chi connectivity index (χ3v) is 5.56. The smallest absolute Gasteiger partial charge is 0.412 e. The van der Waals surface area contributed by atoms with Crippen molar-refractivity contribution in [3.63, 3.8) is 0 Å². The average Bonchev–Trinajstić information content (AvgIpc) is 2.63. The van der Waals surface area contributed by atoms with Crippen molar-refractivity contribution in [2.75, 3.05) is 62.3 Å². The molecule has 0 bridgehead atoms. The number of likely N-dealkylation sites (N-methyl/N-ethyl adjacent to an activating group) is 1. The Kier molecular flexibility index (Phi) is 6.35. The van der Waals surface area contributed by atoms with Crippen LogP contribution < -0.4 is 16.0 Å². The maximum Gasteiger partial charge on any atom is 0.412 e. The van der Waals surface area contributed by atoms with Crippen molar-refractivity contribution in [2.45, 2.75) is 45.3 Å². The van der Waals surface area contributed by atoms with E-state index in [1.54, 1.807) is 0 Å². The second-order valence-electron chi connectivity index (χ2n) is 8.96. The highest BCUT2D eigenvalue weighted by Gasteiger charge is 2.27. The lowest BCUT2D eigenvalue weighted by Gasteiger charge is -2.42. The van der Waals surface area contributed by atoms with Crippen LogP contribution in [0.2, 0.25) is 0 Å². The summed E-state index contributed by atoms with van der Waals surface area (Å²) >= 11 is 0. The van der Waals surface area contributed by atoms with Crippen molar-refractivity contribution in [1.29, 1.82) is 0 Å². The molecule has 2 saturated heterocycles. The Labute approximate surface area is 168 Å². The Morgan fingerprint density at radius 1 is 1.11 bits per heavy atom. The van der Waals surface area contributed by atoms with Crippen LogP contribution >= 0.6 is 0 Å². The predicted octanol–water partition coefficient (Wildman–Crippen LogP) is 2.83. The summed E-state index contributed by atoms with van der Waals surface area (Å²) in [6.45, 7) is 12.2. The lowest BCUT2D eigenvalue weighted by Crippen LogP contribution is -2.52. The number of piperazine rings is 1. The number of carbonyl (C=O) groups excluding carboxylic acids is 1. The zero-order valence-corrected chi connectivity index (χ0v) is 17.7. The molecule has 0 saturated carbocycles. The van der Waals surface area contributed by atoms with E-state index in [4.69, 9.17) is 10.5 Å². The van der Waals surface area contributed by atoms with Gasteiger partial charge < -0.3 is 20.3 Å². The van der Waals surface area contributed by atoms with E-state index in [1.165, 1.54) is 25.9 Å². The molecule has 2 fully saturated rings. The summed E-state index contributed by atoms with van der Waals surface area (Å²) in [5, 5.41) is 2.79. The summed E-state index contributed by atoms with van der Waals surface area (Å²) in [5.41, 5.74) is 7.76. The van der Waals surface area contributed by atoms with Gasteiger partial charge in [-0.15, -0.1) is 0 Å². The molecule has 1 aromatic rings. The topological polar surface area (TPSA) is 74.1 Å². The van der Waals surface area contributed by atoms with Gasteiger partial charge in [0, 0.05) is 51.0 Å². The van der Waals surface area contributed by atoms with Gasteiger partial charge in [0.25, 0.3) is 0 Å². The lowest BCUT2D eigenvalue weighted by molar-refractivity contribution is 0.0636. The molecule has 1 amide bonds. The van der Waals surface area contributed by atoms with E-state index in [0.717, 1.165) is 31.9 Å². The number of rotatable bonds is 3. The van der Waals surface area contributed by atoms with Crippen molar-refractivity contribution in [3.8, 4) is 0 Å². The van der Waals surface area contributed by atoms with Gasteiger partial charge in [-0.05, 0) is 58.9 Å². The molecule has 3 N–H and O–H groups in total. The minimum absolute atomic E-state index is 0.481. The van der Waals surface area contributed by atoms with E-state index in [2.05, 4.69) is 27.1 Å². The molecule has 2 aliphatic heterocycles. The number of hydrogen-bond acceptors (Lipinski definition) is 6. The zero-order valence-electron chi connectivity index (χ0n) is 17.7. The summed E-state index contributed by atoms with van der Waals surface area (Å²) < 4.78 is 5.34. The van der Waals surface area contributed by atoms with Crippen LogP contribution in [0.1, 0.15) is 33.6 Å². The molecule has 156 valence electrons. The summed E-state index contributed by atoms with van der Waals surface area (Å²) in [7, 11) is 2.20. The fourth-order valence-electron chi connectivity index (χ4n) is 3.94. The van der Waals surface area contributed by atoms with Crippen LogP contribution in [0.4, 0.5) is 21.9 Å². The molecular formula is C21H35N5O2. The maximum atomic E-state index is 12.1. The first-order valence-corrected chi connectivity index (χ1v) is 10.3. The van der Waals surface area contributed by atoms with Crippen molar-refractivity contribution < 1.29 is 9.53 Å². The molecule has 0 spiro atoms. The van der Waals surface area contributed by atoms with Gasteiger partial charge in [-0.2, -0.15) is 0 Å². The first kappa shape index (κ1) is 20.7. The number of nitrogens with one attached hydrogen (secondary N) is 1. The van der Waals surface area contributed by atoms with Crippen LogP contribution in [-0.2, 0) is 4.74 Å². The fraction of sp³-hybridized carbons (Fsp3) is 0.667. The Bertz CT molecular complexity index is 672. The fourth-order valence-corrected chi connectivity index (χ4v) is 3.94. The van der Waals surface area contributed by atoms with Crippen LogP contribution in [0.3, 0.4) is 0 Å². The molecular weight excluding hydrogens is 354 g/mol. The van der Waals surface area contributed by atoms with Crippen LogP contribution in [0.25, 0.3) is 0 Å². The Balaban J connectivity index is 1.58. The van der Waals surface area contributed by atoms with Gasteiger partial charge in [-0.1, -0.05) is 0 Å². The molecule has 1 aromatic carbocycles. The summed E-state index contributed by atoms with van der Waals surface area (Å²) in [6, 6.07) is 6.52. The van der Waals surface area contributed by atoms with Crippen LogP contribution in [0.5, 0.6) is 0 Å². The van der Waals surface area contributed by atoms with Gasteiger partial charge in [0.15, 0.2) is 0 Å². The molecule has 0 atom stereocenters. The number of ether oxygens (including phenoxy) is 1. The van der Waals surface area contributed by atoms with Gasteiger partial charge in [0.2, 0.25) is 0 Å². The molecule has 7 heteroatoms. The molecule has 7 nitrogen and oxygen atoms in total. The van der Waals surface area contributed by atoms with E-state index in [0.29, 0.717) is 17.4 Å². The molecule has 0 aromatic heterocycles. The predicted molar refractivity (Wildman–Crippen MR) is 115 cm³/mol. The van der Waals surface area contributed by atoms with Gasteiger partial charge >= 0.3 is 6.09 Å². The second kappa shape index (κ2) is 8.57. The first-order valence-electron chi connectivity index (χ1n) is 10.3. The lowest BCUT2D eigenvalue weighted by atomic mass is 10.0. The second-order valence-corrected chi connectivity index (χ2v) is 8.96. The monoisotopic (exact) mass is 389 g/mol. The minimum atomic E-state index is -0.540. The number of piperidine rings is 1. The highest BCUT2D eigenvalue weighted by Crippen LogP contribution is 2.29. The Hall–Kier alpha value is -1.99. The molecule has 0 aliphatic carbocycles. The molecule has 0 radical (unpaired) electrons. The number of nitrogens with zero attached hydrogens (tertiary/aromatic N) is 3. The Morgan fingerprint density at radius 2 is 1.75 bits per heavy atom. The quantitative estimate of drug-likeness (QED) is 0.775. The van der Waals surface area contributed by atoms with Crippen molar-refractivity contribution >= 4 is 23.2 Å². The standard InChI is InChI=1S/C21H35N5O2/c1-21(2,3)28-20(27)23-19-15-17(5-6-18(19)22)25-9-7-16(8-10-25)26-13-11-24(4)12-14-26/h5-6,15-16H,7-14,22H2,1-4H3,(H,23,27). The van der Waals surface area contributed by atoms with E-state index < -0.39 is 11.7 Å². The summed E-state index contributed by atoms with van der Waals surface area (Å²) in [5.74, 6) is 0. The van der Waals surface area contributed by atoms with E-state index in [9.17, 15) is 4.79 Å². The number of benzene rings is 1. The number of nitrogens with two attached hydrogens (primary N) is 1. The van der Waals surface area contributed by atoms with E-state index in [1.807, 2.05) is 39.0 Å². The van der Waals surface area contributed by atoms with Crippen molar-refractivity contribution in [3.05, 3.63) is 18.2 Å².